The largest absolute Gasteiger partial charge is 0.411 e. The monoisotopic (exact) mass is 233 g/mol. The van der Waals surface area contributed by atoms with Crippen molar-refractivity contribution in [3.8, 4) is 11.4 Å². The summed E-state index contributed by atoms with van der Waals surface area (Å²) in [6.07, 6.45) is 1.72. The summed E-state index contributed by atoms with van der Waals surface area (Å²) in [6.45, 7) is 3.67. The summed E-state index contributed by atoms with van der Waals surface area (Å²) in [4.78, 5) is 9.52. The van der Waals surface area contributed by atoms with Crippen LogP contribution in [-0.2, 0) is 0 Å². The van der Waals surface area contributed by atoms with E-state index in [1.54, 1.807) is 13.1 Å². The third-order valence-corrected chi connectivity index (χ3v) is 3.20. The Morgan fingerprint density at radius 2 is 2.25 bits per heavy atom. The van der Waals surface area contributed by atoms with Gasteiger partial charge in [0.25, 0.3) is 0 Å². The number of hydrogen-bond donors (Lipinski definition) is 1. The predicted molar refractivity (Wildman–Crippen MR) is 64.1 cm³/mol. The summed E-state index contributed by atoms with van der Waals surface area (Å²) in [5.74, 6) is 0. The third kappa shape index (κ3) is 1.94. The molecule has 2 aromatic heterocycles. The van der Waals surface area contributed by atoms with E-state index in [0.717, 1.165) is 21.3 Å². The van der Waals surface area contributed by atoms with E-state index in [1.807, 2.05) is 25.1 Å². The van der Waals surface area contributed by atoms with Crippen LogP contribution in [0.4, 0.5) is 0 Å². The molecule has 2 aromatic rings. The molecule has 0 aliphatic carbocycles. The number of nitrogens with zero attached hydrogens (tertiary/aromatic N) is 3. The summed E-state index contributed by atoms with van der Waals surface area (Å²) in [5, 5.41) is 13.0. The van der Waals surface area contributed by atoms with E-state index in [0.29, 0.717) is 5.71 Å². The Hall–Kier alpha value is -1.75. The first kappa shape index (κ1) is 10.8. The number of rotatable bonds is 2. The second-order valence-electron chi connectivity index (χ2n) is 3.31. The van der Waals surface area contributed by atoms with Gasteiger partial charge in [-0.1, -0.05) is 11.2 Å². The summed E-state index contributed by atoms with van der Waals surface area (Å²) in [5.41, 5.74) is 2.13. The molecule has 0 aliphatic heterocycles. The minimum atomic E-state index is 0.561. The fourth-order valence-electron chi connectivity index (χ4n) is 1.39. The van der Waals surface area contributed by atoms with Crippen LogP contribution in [-0.4, -0.2) is 20.9 Å². The van der Waals surface area contributed by atoms with Crippen LogP contribution in [0.5, 0.6) is 0 Å². The van der Waals surface area contributed by atoms with Gasteiger partial charge >= 0.3 is 0 Å². The fraction of sp³-hybridized carbons (Fsp3) is 0.182. The molecule has 0 radical (unpaired) electrons. The Morgan fingerprint density at radius 3 is 2.88 bits per heavy atom. The van der Waals surface area contributed by atoms with Crippen LogP contribution in [0.25, 0.3) is 11.4 Å². The first-order valence-electron chi connectivity index (χ1n) is 4.80. The van der Waals surface area contributed by atoms with Crippen LogP contribution in [0.1, 0.15) is 16.8 Å². The Bertz CT molecular complexity index is 519. The zero-order valence-electron chi connectivity index (χ0n) is 9.01. The molecule has 0 atom stereocenters. The zero-order chi connectivity index (χ0) is 11.5. The van der Waals surface area contributed by atoms with Crippen molar-refractivity contribution in [1.29, 1.82) is 0 Å². The quantitative estimate of drug-likeness (QED) is 0.493. The van der Waals surface area contributed by atoms with Crippen molar-refractivity contribution in [3.63, 3.8) is 0 Å². The van der Waals surface area contributed by atoms with Crippen LogP contribution < -0.4 is 0 Å². The highest BCUT2D eigenvalue weighted by molar-refractivity contribution is 7.14. The fourth-order valence-corrected chi connectivity index (χ4v) is 2.26. The minimum absolute atomic E-state index is 0.561. The molecule has 1 N–H and O–H groups in total. The molecule has 4 nitrogen and oxygen atoms in total. The van der Waals surface area contributed by atoms with E-state index in [9.17, 15) is 0 Å². The number of pyridine rings is 1. The van der Waals surface area contributed by atoms with Gasteiger partial charge in [-0.15, -0.1) is 11.3 Å². The average molecular weight is 233 g/mol. The molecule has 82 valence electrons. The summed E-state index contributed by atoms with van der Waals surface area (Å²) in [6, 6.07) is 5.66. The third-order valence-electron chi connectivity index (χ3n) is 2.12. The molecular weight excluding hydrogens is 222 g/mol. The number of aromatic nitrogens is 2. The second-order valence-corrected chi connectivity index (χ2v) is 4.51. The van der Waals surface area contributed by atoms with Crippen molar-refractivity contribution in [2.75, 3.05) is 0 Å². The number of oxime groups is 1. The van der Waals surface area contributed by atoms with E-state index >= 15 is 0 Å². The first-order chi connectivity index (χ1) is 7.72. The molecule has 16 heavy (non-hydrogen) atoms. The predicted octanol–water partition coefficient (Wildman–Crippen LogP) is 2.71. The van der Waals surface area contributed by atoms with Gasteiger partial charge < -0.3 is 5.21 Å². The lowest BCUT2D eigenvalue weighted by molar-refractivity contribution is 0.319. The van der Waals surface area contributed by atoms with Gasteiger partial charge in [-0.3, -0.25) is 4.98 Å². The molecule has 2 rings (SSSR count). The molecule has 0 aliphatic rings. The number of thiazole rings is 1. The van der Waals surface area contributed by atoms with Crippen molar-refractivity contribution in [2.24, 2.45) is 5.16 Å². The van der Waals surface area contributed by atoms with Crippen LogP contribution in [0, 0.1) is 6.92 Å². The highest BCUT2D eigenvalue weighted by atomic mass is 32.1. The van der Waals surface area contributed by atoms with E-state index in [4.69, 9.17) is 5.21 Å². The van der Waals surface area contributed by atoms with Crippen molar-refractivity contribution < 1.29 is 5.21 Å². The highest BCUT2D eigenvalue weighted by Crippen LogP contribution is 2.26. The smallest absolute Gasteiger partial charge is 0.109 e. The van der Waals surface area contributed by atoms with Crippen molar-refractivity contribution in [1.82, 2.24) is 9.97 Å². The van der Waals surface area contributed by atoms with Crippen molar-refractivity contribution in [3.05, 3.63) is 34.3 Å². The molecule has 2 heterocycles. The van der Waals surface area contributed by atoms with Crippen molar-refractivity contribution in [2.45, 2.75) is 13.8 Å². The van der Waals surface area contributed by atoms with E-state index in [1.165, 1.54) is 11.3 Å². The molecular formula is C11H11N3OS. The van der Waals surface area contributed by atoms with Gasteiger partial charge in [0.05, 0.1) is 21.3 Å². The zero-order valence-corrected chi connectivity index (χ0v) is 9.82. The van der Waals surface area contributed by atoms with Crippen molar-refractivity contribution >= 4 is 17.0 Å². The molecule has 0 bridgehead atoms. The van der Waals surface area contributed by atoms with Gasteiger partial charge in [0.1, 0.15) is 5.69 Å². The van der Waals surface area contributed by atoms with Crippen LogP contribution in [0.2, 0.25) is 0 Å². The van der Waals surface area contributed by atoms with E-state index < -0.39 is 0 Å². The van der Waals surface area contributed by atoms with Gasteiger partial charge in [0.15, 0.2) is 0 Å². The molecule has 0 aromatic carbocycles. The maximum Gasteiger partial charge on any atom is 0.109 e. The lowest BCUT2D eigenvalue weighted by Gasteiger charge is -1.99. The molecule has 0 saturated carbocycles. The molecule has 0 spiro atoms. The summed E-state index contributed by atoms with van der Waals surface area (Å²) < 4.78 is 0. The van der Waals surface area contributed by atoms with Crippen LogP contribution in [0.15, 0.2) is 29.6 Å². The van der Waals surface area contributed by atoms with Gasteiger partial charge in [-0.25, -0.2) is 4.98 Å². The maximum absolute atomic E-state index is 8.82. The molecule has 0 unspecified atom stereocenters. The number of hydrogen-bond acceptors (Lipinski definition) is 5. The van der Waals surface area contributed by atoms with Gasteiger partial charge in [-0.2, -0.15) is 0 Å². The topological polar surface area (TPSA) is 58.4 Å². The number of aryl methyl sites for hydroxylation is 1. The Morgan fingerprint density at radius 1 is 1.44 bits per heavy atom. The molecule has 0 amide bonds. The maximum atomic E-state index is 8.82. The Labute approximate surface area is 97.3 Å². The summed E-state index contributed by atoms with van der Waals surface area (Å²) in [7, 11) is 0. The second kappa shape index (κ2) is 4.40. The standard InChI is InChI=1S/C11H11N3OS/c1-7(14-15)11-10(13-8(2)16-11)9-5-3-4-6-12-9/h3-6,15H,1-2H3/b14-7+. The van der Waals surface area contributed by atoms with E-state index in [2.05, 4.69) is 15.1 Å². The van der Waals surface area contributed by atoms with Crippen LogP contribution in [0.3, 0.4) is 0 Å². The molecule has 0 saturated heterocycles. The highest BCUT2D eigenvalue weighted by Gasteiger charge is 2.14. The van der Waals surface area contributed by atoms with Gasteiger partial charge in [0.2, 0.25) is 0 Å². The summed E-state index contributed by atoms with van der Waals surface area (Å²) >= 11 is 1.50. The van der Waals surface area contributed by atoms with Gasteiger partial charge in [0, 0.05) is 6.20 Å². The average Bonchev–Trinajstić information content (AvgIpc) is 2.71. The SMILES string of the molecule is C/C(=N\O)c1sc(C)nc1-c1ccccn1. The van der Waals surface area contributed by atoms with Crippen LogP contribution >= 0.6 is 11.3 Å². The molecule has 5 heteroatoms. The van der Waals surface area contributed by atoms with E-state index in [-0.39, 0.29) is 0 Å². The molecule has 0 fully saturated rings. The minimum Gasteiger partial charge on any atom is -0.411 e. The normalized spacial score (nSPS) is 11.8. The first-order valence-corrected chi connectivity index (χ1v) is 5.62. The lowest BCUT2D eigenvalue weighted by Crippen LogP contribution is -1.95. The lowest BCUT2D eigenvalue weighted by atomic mass is 10.2. The Balaban J connectivity index is 2.57. The van der Waals surface area contributed by atoms with Gasteiger partial charge in [-0.05, 0) is 26.0 Å². The Kier molecular flexibility index (Phi) is 2.96.